The van der Waals surface area contributed by atoms with Crippen LogP contribution in [0.1, 0.15) is 68.6 Å². The van der Waals surface area contributed by atoms with E-state index in [1.165, 1.54) is 17.0 Å². The van der Waals surface area contributed by atoms with Crippen LogP contribution in [-0.2, 0) is 11.2 Å². The first-order valence-electron chi connectivity index (χ1n) is 12.3. The fourth-order valence-electron chi connectivity index (χ4n) is 4.72. The van der Waals surface area contributed by atoms with Gasteiger partial charge < -0.3 is 26.8 Å². The Morgan fingerprint density at radius 1 is 1.14 bits per heavy atom. The number of aromatic hydroxyl groups is 1. The molecule has 1 heterocycles. The lowest BCUT2D eigenvalue weighted by molar-refractivity contribution is -0.126. The van der Waals surface area contributed by atoms with Crippen molar-refractivity contribution in [2.24, 2.45) is 5.73 Å². The van der Waals surface area contributed by atoms with Gasteiger partial charge in [0.2, 0.25) is 5.91 Å². The van der Waals surface area contributed by atoms with Gasteiger partial charge in [0.15, 0.2) is 5.69 Å². The van der Waals surface area contributed by atoms with Crippen molar-refractivity contribution in [3.63, 3.8) is 0 Å². The molecule has 1 aliphatic rings. The van der Waals surface area contributed by atoms with Crippen molar-refractivity contribution in [2.75, 3.05) is 12.3 Å². The van der Waals surface area contributed by atoms with Crippen LogP contribution in [0.4, 0.5) is 5.69 Å². The minimum Gasteiger partial charge on any atom is -0.508 e. The molecule has 0 radical (unpaired) electrons. The molecule has 1 aromatic heterocycles. The molecule has 1 saturated carbocycles. The molecule has 3 amide bonds. The number of primary amides is 1. The number of anilines is 1. The number of hydrogen-bond donors (Lipinski definition) is 4. The summed E-state index contributed by atoms with van der Waals surface area (Å²) in [6, 6.07) is 13.1. The Kier molecular flexibility index (Phi) is 8.08. The zero-order chi connectivity index (χ0) is 26.5. The number of carbonyl (C=O) groups excluding carboxylic acids is 3. The van der Waals surface area contributed by atoms with Crippen molar-refractivity contribution in [2.45, 2.75) is 51.1 Å². The van der Waals surface area contributed by atoms with Gasteiger partial charge in [-0.2, -0.15) is 4.37 Å². The lowest BCUT2D eigenvalue weighted by Gasteiger charge is -2.32. The van der Waals surface area contributed by atoms with E-state index < -0.39 is 17.9 Å². The Balaban J connectivity index is 1.75. The third-order valence-electron chi connectivity index (χ3n) is 6.77. The molecule has 4 rings (SSSR count). The smallest absolute Gasteiger partial charge is 0.270 e. The van der Waals surface area contributed by atoms with Crippen LogP contribution >= 0.6 is 11.5 Å². The third kappa shape index (κ3) is 5.91. The average Bonchev–Trinajstić information content (AvgIpc) is 3.52. The molecular formula is C27H31N5O4S. The van der Waals surface area contributed by atoms with Crippen molar-refractivity contribution < 1.29 is 19.5 Å². The number of aromatic nitrogens is 1. The van der Waals surface area contributed by atoms with Crippen LogP contribution in [-0.4, -0.2) is 44.7 Å². The normalized spacial score (nSPS) is 14.3. The quantitative estimate of drug-likeness (QED) is 0.339. The highest BCUT2D eigenvalue weighted by molar-refractivity contribution is 7.09. The van der Waals surface area contributed by atoms with Crippen molar-refractivity contribution in [1.82, 2.24) is 14.6 Å². The standard InChI is InChI=1S/C27H31N5O4S/c1-16-6-2-3-7-17(16)14-15-32(27(36)24-21(28)22(25(29)34)31-37-24)23(18-10-12-20(33)13-11-18)26(35)30-19-8-4-5-9-19/h2-3,6-7,10-13,19,23,33H,4-5,8-9,14-15,28H2,1H3,(H2,29,34)(H,30,35). The Bertz CT molecular complexity index is 1280. The molecule has 2 aromatic carbocycles. The number of nitrogens with two attached hydrogens (primary N) is 2. The van der Waals surface area contributed by atoms with Gasteiger partial charge in [-0.3, -0.25) is 14.4 Å². The highest BCUT2D eigenvalue weighted by atomic mass is 32.1. The molecule has 0 aliphatic heterocycles. The zero-order valence-corrected chi connectivity index (χ0v) is 21.5. The maximum atomic E-state index is 14.0. The number of phenols is 1. The van der Waals surface area contributed by atoms with Gasteiger partial charge >= 0.3 is 0 Å². The fraction of sp³-hybridized carbons (Fsp3) is 0.333. The highest BCUT2D eigenvalue weighted by Gasteiger charge is 2.35. The number of carbonyl (C=O) groups is 3. The summed E-state index contributed by atoms with van der Waals surface area (Å²) in [6.45, 7) is 2.20. The van der Waals surface area contributed by atoms with Gasteiger partial charge in [-0.1, -0.05) is 49.2 Å². The molecule has 1 atom stereocenters. The lowest BCUT2D eigenvalue weighted by Crippen LogP contribution is -2.46. The van der Waals surface area contributed by atoms with E-state index in [0.717, 1.165) is 48.3 Å². The van der Waals surface area contributed by atoms with E-state index in [4.69, 9.17) is 11.5 Å². The third-order valence-corrected chi connectivity index (χ3v) is 7.62. The van der Waals surface area contributed by atoms with Crippen molar-refractivity contribution in [3.05, 3.63) is 75.8 Å². The Morgan fingerprint density at radius 3 is 2.43 bits per heavy atom. The van der Waals surface area contributed by atoms with E-state index in [2.05, 4.69) is 9.69 Å². The Morgan fingerprint density at radius 2 is 1.81 bits per heavy atom. The molecule has 1 aliphatic carbocycles. The SMILES string of the molecule is Cc1ccccc1CCN(C(=O)c1snc(C(N)=O)c1N)C(C(=O)NC1CCCC1)c1ccc(O)cc1. The van der Waals surface area contributed by atoms with Crippen LogP contribution in [0, 0.1) is 6.92 Å². The number of nitrogen functional groups attached to an aromatic ring is 1. The van der Waals surface area contributed by atoms with Crippen LogP contribution in [0.25, 0.3) is 0 Å². The molecule has 1 fully saturated rings. The van der Waals surface area contributed by atoms with Gasteiger partial charge in [-0.15, -0.1) is 0 Å². The first kappa shape index (κ1) is 26.2. The summed E-state index contributed by atoms with van der Waals surface area (Å²) in [4.78, 5) is 41.0. The number of nitrogens with one attached hydrogen (secondary N) is 1. The summed E-state index contributed by atoms with van der Waals surface area (Å²) in [5, 5.41) is 13.0. The van der Waals surface area contributed by atoms with Crippen LogP contribution in [0.2, 0.25) is 0 Å². The number of amides is 3. The van der Waals surface area contributed by atoms with Crippen LogP contribution in [0.3, 0.4) is 0 Å². The molecule has 9 nitrogen and oxygen atoms in total. The predicted molar refractivity (Wildman–Crippen MR) is 142 cm³/mol. The monoisotopic (exact) mass is 521 g/mol. The van der Waals surface area contributed by atoms with E-state index in [1.807, 2.05) is 31.2 Å². The number of hydrogen-bond acceptors (Lipinski definition) is 7. The first-order chi connectivity index (χ1) is 17.8. The van der Waals surface area contributed by atoms with Crippen LogP contribution in [0.15, 0.2) is 48.5 Å². The van der Waals surface area contributed by atoms with Crippen molar-refractivity contribution in [3.8, 4) is 5.75 Å². The van der Waals surface area contributed by atoms with E-state index >= 15 is 0 Å². The predicted octanol–water partition coefficient (Wildman–Crippen LogP) is 3.32. The van der Waals surface area contributed by atoms with Gasteiger partial charge in [-0.05, 0) is 66.5 Å². The van der Waals surface area contributed by atoms with Gasteiger partial charge in [0.25, 0.3) is 11.8 Å². The molecule has 6 N–H and O–H groups in total. The summed E-state index contributed by atoms with van der Waals surface area (Å²) in [5.74, 6) is -1.60. The van der Waals surface area contributed by atoms with Gasteiger partial charge in [0.05, 0.1) is 5.69 Å². The molecule has 10 heteroatoms. The number of phenolic OH excluding ortho intramolecular Hbond substituents is 1. The summed E-state index contributed by atoms with van der Waals surface area (Å²) in [7, 11) is 0. The minimum atomic E-state index is -0.990. The van der Waals surface area contributed by atoms with E-state index in [1.54, 1.807) is 12.1 Å². The van der Waals surface area contributed by atoms with Crippen LogP contribution < -0.4 is 16.8 Å². The summed E-state index contributed by atoms with van der Waals surface area (Å²) < 4.78 is 3.98. The zero-order valence-electron chi connectivity index (χ0n) is 20.6. The Labute approximate surface area is 219 Å². The maximum Gasteiger partial charge on any atom is 0.270 e. The van der Waals surface area contributed by atoms with Crippen molar-refractivity contribution >= 4 is 34.9 Å². The molecule has 194 valence electrons. The van der Waals surface area contributed by atoms with Gasteiger partial charge in [0, 0.05) is 12.6 Å². The molecule has 1 unspecified atom stereocenters. The fourth-order valence-corrected chi connectivity index (χ4v) is 5.48. The molecule has 0 bridgehead atoms. The minimum absolute atomic E-state index is 0.0374. The Hall–Kier alpha value is -3.92. The molecule has 0 spiro atoms. The summed E-state index contributed by atoms with van der Waals surface area (Å²) in [6.07, 6.45) is 4.34. The number of aryl methyl sites for hydroxylation is 1. The summed E-state index contributed by atoms with van der Waals surface area (Å²) >= 11 is 0.787. The first-order valence-corrected chi connectivity index (χ1v) is 13.0. The summed E-state index contributed by atoms with van der Waals surface area (Å²) in [5.41, 5.74) is 13.9. The van der Waals surface area contributed by atoms with Gasteiger partial charge in [-0.25, -0.2) is 0 Å². The highest BCUT2D eigenvalue weighted by Crippen LogP contribution is 2.31. The van der Waals surface area contributed by atoms with E-state index in [0.29, 0.717) is 12.0 Å². The second-order valence-electron chi connectivity index (χ2n) is 9.30. The van der Waals surface area contributed by atoms with Crippen LogP contribution in [0.5, 0.6) is 5.75 Å². The number of nitrogens with zero attached hydrogens (tertiary/aromatic N) is 2. The molecule has 37 heavy (non-hydrogen) atoms. The topological polar surface area (TPSA) is 152 Å². The van der Waals surface area contributed by atoms with Crippen molar-refractivity contribution in [1.29, 1.82) is 0 Å². The van der Waals surface area contributed by atoms with E-state index in [9.17, 15) is 19.5 Å². The molecule has 3 aromatic rings. The second-order valence-corrected chi connectivity index (χ2v) is 10.1. The maximum absolute atomic E-state index is 14.0. The second kappa shape index (κ2) is 11.4. The lowest BCUT2D eigenvalue weighted by atomic mass is 10.0. The number of rotatable bonds is 9. The van der Waals surface area contributed by atoms with E-state index in [-0.39, 0.29) is 40.5 Å². The number of benzene rings is 2. The molecule has 0 saturated heterocycles. The largest absolute Gasteiger partial charge is 0.508 e. The van der Waals surface area contributed by atoms with Gasteiger partial charge in [0.1, 0.15) is 16.7 Å². The average molecular weight is 522 g/mol. The molecular weight excluding hydrogens is 490 g/mol.